The summed E-state index contributed by atoms with van der Waals surface area (Å²) in [5.74, 6) is 0.846. The molecule has 3 atom stereocenters. The summed E-state index contributed by atoms with van der Waals surface area (Å²) in [5, 5.41) is 4.08. The molecule has 1 amide bonds. The zero-order chi connectivity index (χ0) is 14.2. The Hall–Kier alpha value is -1.16. The van der Waals surface area contributed by atoms with E-state index in [1.54, 1.807) is 6.21 Å². The van der Waals surface area contributed by atoms with Gasteiger partial charge in [0.15, 0.2) is 0 Å². The molecule has 106 valence electrons. The lowest BCUT2D eigenvalue weighted by Crippen LogP contribution is -2.22. The molecule has 1 N–H and O–H groups in total. The maximum atomic E-state index is 12.2. The molecule has 2 aliphatic carbocycles. The fraction of sp³-hybridized carbons (Fsp3) is 0.500. The molecule has 20 heavy (non-hydrogen) atoms. The lowest BCUT2D eigenvalue weighted by molar-refractivity contribution is -0.123. The van der Waals surface area contributed by atoms with Crippen molar-refractivity contribution in [2.45, 2.75) is 32.6 Å². The van der Waals surface area contributed by atoms with Crippen LogP contribution in [0, 0.1) is 17.3 Å². The van der Waals surface area contributed by atoms with Crippen LogP contribution < -0.4 is 5.43 Å². The average Bonchev–Trinajstić information content (AvgIpc) is 3.06. The highest BCUT2D eigenvalue weighted by Gasteiger charge is 2.64. The van der Waals surface area contributed by atoms with Crippen LogP contribution in [-0.2, 0) is 4.79 Å². The lowest BCUT2D eigenvalue weighted by atomic mass is 9.90. The minimum absolute atomic E-state index is 0.0905. The first-order valence-electron chi connectivity index (χ1n) is 7.20. The Morgan fingerprint density at radius 3 is 2.80 bits per heavy atom. The highest BCUT2D eigenvalue weighted by atomic mass is 79.9. The van der Waals surface area contributed by atoms with Crippen molar-refractivity contribution < 1.29 is 4.79 Å². The van der Waals surface area contributed by atoms with Gasteiger partial charge < -0.3 is 0 Å². The number of hydrazone groups is 1. The summed E-state index contributed by atoms with van der Waals surface area (Å²) < 4.78 is 1.04. The van der Waals surface area contributed by atoms with Gasteiger partial charge in [0.05, 0.1) is 6.21 Å². The van der Waals surface area contributed by atoms with Gasteiger partial charge in [-0.05, 0) is 41.9 Å². The Bertz CT molecular complexity index is 540. The van der Waals surface area contributed by atoms with E-state index in [2.05, 4.69) is 33.4 Å². The molecule has 2 aliphatic rings. The third kappa shape index (κ3) is 2.53. The van der Waals surface area contributed by atoms with Crippen LogP contribution in [-0.4, -0.2) is 12.1 Å². The number of rotatable bonds is 3. The fourth-order valence-corrected chi connectivity index (χ4v) is 3.90. The normalized spacial score (nSPS) is 31.9. The number of hydrogen-bond acceptors (Lipinski definition) is 2. The van der Waals surface area contributed by atoms with E-state index < -0.39 is 0 Å². The Labute approximate surface area is 128 Å². The third-order valence-electron chi connectivity index (χ3n) is 4.87. The highest BCUT2D eigenvalue weighted by Crippen LogP contribution is 2.66. The van der Waals surface area contributed by atoms with E-state index in [1.165, 1.54) is 25.7 Å². The standard InChI is InChI=1S/C16H19BrN2O/c1-16-9-3-2-4-13(16)14(16)15(20)19-18-10-11-5-7-12(17)8-6-11/h5-8,10,13-14H,2-4,9H2,1H3,(H,19,20)/b18-10-/t13-,14-,16+/m1/s1. The molecule has 2 saturated carbocycles. The van der Waals surface area contributed by atoms with Crippen LogP contribution in [0.1, 0.15) is 38.2 Å². The molecule has 4 heteroatoms. The summed E-state index contributed by atoms with van der Waals surface area (Å²) in [7, 11) is 0. The van der Waals surface area contributed by atoms with E-state index in [0.29, 0.717) is 5.92 Å². The molecule has 1 aromatic rings. The van der Waals surface area contributed by atoms with E-state index in [0.717, 1.165) is 10.0 Å². The van der Waals surface area contributed by atoms with Crippen molar-refractivity contribution in [1.82, 2.24) is 5.43 Å². The summed E-state index contributed by atoms with van der Waals surface area (Å²) in [5.41, 5.74) is 3.93. The second-order valence-electron chi connectivity index (χ2n) is 6.12. The number of carbonyl (C=O) groups excluding carboxylic acids is 1. The van der Waals surface area contributed by atoms with Gasteiger partial charge in [-0.25, -0.2) is 5.43 Å². The van der Waals surface area contributed by atoms with Crippen LogP contribution in [0.15, 0.2) is 33.8 Å². The smallest absolute Gasteiger partial charge is 0.244 e. The van der Waals surface area contributed by atoms with Crippen LogP contribution in [0.2, 0.25) is 0 Å². The molecule has 0 saturated heterocycles. The van der Waals surface area contributed by atoms with Crippen LogP contribution in [0.3, 0.4) is 0 Å². The van der Waals surface area contributed by atoms with Crippen LogP contribution in [0.4, 0.5) is 0 Å². The predicted molar refractivity (Wildman–Crippen MR) is 83.4 cm³/mol. The van der Waals surface area contributed by atoms with Crippen molar-refractivity contribution in [1.29, 1.82) is 0 Å². The van der Waals surface area contributed by atoms with E-state index in [9.17, 15) is 4.79 Å². The van der Waals surface area contributed by atoms with Crippen molar-refractivity contribution in [2.75, 3.05) is 0 Å². The Kier molecular flexibility index (Phi) is 3.67. The summed E-state index contributed by atoms with van der Waals surface area (Å²) in [6, 6.07) is 7.83. The first-order chi connectivity index (χ1) is 9.61. The van der Waals surface area contributed by atoms with Crippen molar-refractivity contribution in [3.05, 3.63) is 34.3 Å². The maximum Gasteiger partial charge on any atom is 0.244 e. The van der Waals surface area contributed by atoms with Crippen molar-refractivity contribution in [3.8, 4) is 0 Å². The van der Waals surface area contributed by atoms with Gasteiger partial charge >= 0.3 is 0 Å². The molecular weight excluding hydrogens is 316 g/mol. The van der Waals surface area contributed by atoms with Crippen LogP contribution in [0.25, 0.3) is 0 Å². The summed E-state index contributed by atoms with van der Waals surface area (Å²) in [6.07, 6.45) is 6.61. The first kappa shape index (κ1) is 13.8. The number of nitrogens with one attached hydrogen (secondary N) is 1. The quantitative estimate of drug-likeness (QED) is 0.664. The summed E-state index contributed by atoms with van der Waals surface area (Å²) in [4.78, 5) is 12.2. The minimum atomic E-state index is 0.0905. The highest BCUT2D eigenvalue weighted by molar-refractivity contribution is 9.10. The molecule has 0 aromatic heterocycles. The molecule has 0 spiro atoms. The summed E-state index contributed by atoms with van der Waals surface area (Å²) >= 11 is 3.39. The fourth-order valence-electron chi connectivity index (χ4n) is 3.64. The average molecular weight is 335 g/mol. The molecule has 3 rings (SSSR count). The Balaban J connectivity index is 1.56. The molecule has 1 aromatic carbocycles. The van der Waals surface area contributed by atoms with E-state index in [1.807, 2.05) is 24.3 Å². The molecular formula is C16H19BrN2O. The monoisotopic (exact) mass is 334 g/mol. The third-order valence-corrected chi connectivity index (χ3v) is 5.40. The van der Waals surface area contributed by atoms with Gasteiger partial charge in [-0.3, -0.25) is 4.79 Å². The zero-order valence-electron chi connectivity index (χ0n) is 11.6. The molecule has 0 aliphatic heterocycles. The van der Waals surface area contributed by atoms with Gasteiger partial charge in [-0.15, -0.1) is 0 Å². The van der Waals surface area contributed by atoms with E-state index in [-0.39, 0.29) is 17.2 Å². The number of fused-ring (bicyclic) bond motifs is 1. The number of halogens is 1. The SMILES string of the molecule is C[C@]12CCCC[C@@H]1[C@@H]2C(=O)N/N=C\c1ccc(Br)cc1. The topological polar surface area (TPSA) is 41.5 Å². The van der Waals surface area contributed by atoms with E-state index >= 15 is 0 Å². The Morgan fingerprint density at radius 2 is 2.15 bits per heavy atom. The Morgan fingerprint density at radius 1 is 1.40 bits per heavy atom. The number of carbonyl (C=O) groups is 1. The lowest BCUT2D eigenvalue weighted by Gasteiger charge is -2.15. The van der Waals surface area contributed by atoms with Gasteiger partial charge in [-0.1, -0.05) is 47.8 Å². The second kappa shape index (κ2) is 5.32. The minimum Gasteiger partial charge on any atom is -0.273 e. The molecule has 0 radical (unpaired) electrons. The molecule has 0 bridgehead atoms. The number of hydrogen-bond donors (Lipinski definition) is 1. The van der Waals surface area contributed by atoms with Crippen LogP contribution >= 0.6 is 15.9 Å². The first-order valence-corrected chi connectivity index (χ1v) is 7.99. The van der Waals surface area contributed by atoms with Crippen molar-refractivity contribution in [2.24, 2.45) is 22.4 Å². The zero-order valence-corrected chi connectivity index (χ0v) is 13.2. The van der Waals surface area contributed by atoms with Crippen molar-refractivity contribution >= 4 is 28.1 Å². The van der Waals surface area contributed by atoms with Gasteiger partial charge in [0, 0.05) is 10.4 Å². The number of benzene rings is 1. The van der Waals surface area contributed by atoms with Crippen LogP contribution in [0.5, 0.6) is 0 Å². The van der Waals surface area contributed by atoms with E-state index in [4.69, 9.17) is 0 Å². The largest absolute Gasteiger partial charge is 0.273 e. The van der Waals surface area contributed by atoms with Gasteiger partial charge in [0.1, 0.15) is 0 Å². The van der Waals surface area contributed by atoms with Gasteiger partial charge in [0.25, 0.3) is 0 Å². The molecule has 2 fully saturated rings. The number of nitrogens with zero attached hydrogens (tertiary/aromatic N) is 1. The number of amides is 1. The molecule has 0 unspecified atom stereocenters. The predicted octanol–water partition coefficient (Wildman–Crippen LogP) is 3.73. The molecule has 0 heterocycles. The maximum absolute atomic E-state index is 12.2. The van der Waals surface area contributed by atoms with Crippen molar-refractivity contribution in [3.63, 3.8) is 0 Å². The van der Waals surface area contributed by atoms with Gasteiger partial charge in [0.2, 0.25) is 5.91 Å². The second-order valence-corrected chi connectivity index (χ2v) is 7.04. The summed E-state index contributed by atoms with van der Waals surface area (Å²) in [6.45, 7) is 2.25. The van der Waals surface area contributed by atoms with Gasteiger partial charge in [-0.2, -0.15) is 5.10 Å². The molecule has 3 nitrogen and oxygen atoms in total.